The molecule has 0 radical (unpaired) electrons. The first-order valence-corrected chi connectivity index (χ1v) is 7.02. The van der Waals surface area contributed by atoms with Crippen LogP contribution >= 0.6 is 0 Å². The lowest BCUT2D eigenvalue weighted by atomic mass is 10.1. The van der Waals surface area contributed by atoms with Crippen molar-refractivity contribution in [3.8, 4) is 0 Å². The van der Waals surface area contributed by atoms with Gasteiger partial charge in [-0.3, -0.25) is 4.79 Å². The molecule has 0 saturated heterocycles. The number of hydrogen-bond donors (Lipinski definition) is 1. The minimum absolute atomic E-state index is 0.0367. The van der Waals surface area contributed by atoms with Crippen molar-refractivity contribution < 1.29 is 14.7 Å². The van der Waals surface area contributed by atoms with Gasteiger partial charge >= 0.3 is 0 Å². The lowest BCUT2D eigenvalue weighted by Crippen LogP contribution is -2.34. The molecule has 21 heavy (non-hydrogen) atoms. The number of amides is 1. The van der Waals surface area contributed by atoms with E-state index in [1.165, 1.54) is 0 Å². The van der Waals surface area contributed by atoms with Crippen molar-refractivity contribution in [2.75, 3.05) is 0 Å². The number of carboxylic acids is 1. The van der Waals surface area contributed by atoms with E-state index in [2.05, 4.69) is 5.32 Å². The van der Waals surface area contributed by atoms with Crippen LogP contribution in [0.4, 0.5) is 0 Å². The summed E-state index contributed by atoms with van der Waals surface area (Å²) in [7, 11) is 1.67. The number of fused-ring (bicyclic) bond motifs is 1. The van der Waals surface area contributed by atoms with Crippen LogP contribution in [-0.2, 0) is 18.3 Å². The van der Waals surface area contributed by atoms with E-state index < -0.39 is 5.97 Å². The quantitative estimate of drug-likeness (QED) is 0.891. The van der Waals surface area contributed by atoms with Crippen molar-refractivity contribution in [2.45, 2.75) is 32.7 Å². The second kappa shape index (κ2) is 5.99. The van der Waals surface area contributed by atoms with Crippen LogP contribution in [0.1, 0.15) is 36.3 Å². The van der Waals surface area contributed by atoms with Crippen LogP contribution in [0.25, 0.3) is 10.9 Å². The molecule has 1 aromatic heterocycles. The monoisotopic (exact) mass is 287 g/mol. The van der Waals surface area contributed by atoms with Gasteiger partial charge in [-0.25, -0.2) is 0 Å². The predicted molar refractivity (Wildman–Crippen MR) is 78.8 cm³/mol. The SMILES string of the molecule is CCC(C)NC(=O)Cc1c(C(=O)[O-])n(C)c2ccccc12. The second-order valence-electron chi connectivity index (χ2n) is 5.24. The molecule has 0 aliphatic heterocycles. The number of aromatic nitrogens is 1. The number of aryl methyl sites for hydroxylation is 1. The van der Waals surface area contributed by atoms with Crippen LogP contribution in [0.5, 0.6) is 0 Å². The maximum Gasteiger partial charge on any atom is 0.224 e. The number of rotatable bonds is 5. The Hall–Kier alpha value is -2.30. The molecule has 1 heterocycles. The molecule has 112 valence electrons. The van der Waals surface area contributed by atoms with Crippen LogP contribution < -0.4 is 10.4 Å². The lowest BCUT2D eigenvalue weighted by molar-refractivity contribution is -0.255. The molecule has 0 saturated carbocycles. The summed E-state index contributed by atoms with van der Waals surface area (Å²) >= 11 is 0. The van der Waals surface area contributed by atoms with Crippen molar-refractivity contribution >= 4 is 22.8 Å². The Morgan fingerprint density at radius 2 is 2.00 bits per heavy atom. The van der Waals surface area contributed by atoms with Gasteiger partial charge in [0.2, 0.25) is 5.91 Å². The van der Waals surface area contributed by atoms with E-state index in [4.69, 9.17) is 0 Å². The number of para-hydroxylation sites is 1. The Bertz CT molecular complexity index is 688. The molecular weight excluding hydrogens is 268 g/mol. The summed E-state index contributed by atoms with van der Waals surface area (Å²) in [5, 5.41) is 15.0. The summed E-state index contributed by atoms with van der Waals surface area (Å²) in [6, 6.07) is 7.40. The molecule has 0 aliphatic rings. The molecule has 2 aromatic rings. The van der Waals surface area contributed by atoms with Gasteiger partial charge in [-0.2, -0.15) is 0 Å². The number of nitrogens with one attached hydrogen (secondary N) is 1. The number of carbonyl (C=O) groups is 2. The standard InChI is InChI=1S/C16H20N2O3/c1-4-10(2)17-14(19)9-12-11-7-5-6-8-13(11)18(3)15(12)16(20)21/h5-8,10H,4,9H2,1-3H3,(H,17,19)(H,20,21)/p-1. The summed E-state index contributed by atoms with van der Waals surface area (Å²) in [5.41, 5.74) is 1.35. The van der Waals surface area contributed by atoms with Gasteiger partial charge in [0.1, 0.15) is 0 Å². The van der Waals surface area contributed by atoms with Crippen molar-refractivity contribution in [3.05, 3.63) is 35.5 Å². The normalized spacial score (nSPS) is 12.3. The number of carbonyl (C=O) groups excluding carboxylic acids is 2. The minimum Gasteiger partial charge on any atom is -0.543 e. The number of benzene rings is 1. The zero-order valence-corrected chi connectivity index (χ0v) is 12.5. The van der Waals surface area contributed by atoms with Gasteiger partial charge in [-0.1, -0.05) is 25.1 Å². The first kappa shape index (κ1) is 15.1. The van der Waals surface area contributed by atoms with E-state index in [-0.39, 0.29) is 24.1 Å². The first-order chi connectivity index (χ1) is 9.95. The molecular formula is C16H19N2O3-. The van der Waals surface area contributed by atoms with Crippen LogP contribution in [0.15, 0.2) is 24.3 Å². The van der Waals surface area contributed by atoms with E-state index in [9.17, 15) is 14.7 Å². The summed E-state index contributed by atoms with van der Waals surface area (Å²) in [6.07, 6.45) is 0.865. The topological polar surface area (TPSA) is 74.2 Å². The van der Waals surface area contributed by atoms with E-state index >= 15 is 0 Å². The molecule has 0 fully saturated rings. The molecule has 1 unspecified atom stereocenters. The molecule has 0 bridgehead atoms. The van der Waals surface area contributed by atoms with E-state index in [0.29, 0.717) is 5.56 Å². The van der Waals surface area contributed by atoms with Gasteiger partial charge in [0.15, 0.2) is 0 Å². The van der Waals surface area contributed by atoms with Crippen molar-refractivity contribution in [1.29, 1.82) is 0 Å². The van der Waals surface area contributed by atoms with Gasteiger partial charge in [0, 0.05) is 24.0 Å². The average Bonchev–Trinajstić information content (AvgIpc) is 2.72. The van der Waals surface area contributed by atoms with E-state index in [0.717, 1.165) is 17.3 Å². The molecule has 0 spiro atoms. The molecule has 5 nitrogen and oxygen atoms in total. The summed E-state index contributed by atoms with van der Waals surface area (Å²) in [6.45, 7) is 3.90. The third-order valence-electron chi connectivity index (χ3n) is 3.76. The summed E-state index contributed by atoms with van der Waals surface area (Å²) in [5.74, 6) is -1.44. The molecule has 1 atom stereocenters. The Morgan fingerprint density at radius 1 is 1.33 bits per heavy atom. The molecule has 1 N–H and O–H groups in total. The molecule has 2 rings (SSSR count). The fourth-order valence-corrected chi connectivity index (χ4v) is 2.50. The van der Waals surface area contributed by atoms with Crippen LogP contribution in [0.2, 0.25) is 0 Å². The van der Waals surface area contributed by atoms with E-state index in [1.807, 2.05) is 38.1 Å². The zero-order valence-electron chi connectivity index (χ0n) is 12.5. The van der Waals surface area contributed by atoms with Crippen molar-refractivity contribution in [2.24, 2.45) is 7.05 Å². The van der Waals surface area contributed by atoms with Gasteiger partial charge in [0.05, 0.1) is 18.1 Å². The zero-order chi connectivity index (χ0) is 15.6. The molecule has 1 amide bonds. The number of carboxylic acid groups (broad SMARTS) is 1. The summed E-state index contributed by atoms with van der Waals surface area (Å²) < 4.78 is 1.57. The van der Waals surface area contributed by atoms with E-state index in [1.54, 1.807) is 11.6 Å². The highest BCUT2D eigenvalue weighted by atomic mass is 16.4. The van der Waals surface area contributed by atoms with Gasteiger partial charge in [0.25, 0.3) is 0 Å². The molecule has 1 aromatic carbocycles. The van der Waals surface area contributed by atoms with Crippen LogP contribution in [0, 0.1) is 0 Å². The lowest BCUT2D eigenvalue weighted by Gasteiger charge is -2.12. The average molecular weight is 287 g/mol. The first-order valence-electron chi connectivity index (χ1n) is 7.02. The van der Waals surface area contributed by atoms with Crippen molar-refractivity contribution in [1.82, 2.24) is 9.88 Å². The second-order valence-corrected chi connectivity index (χ2v) is 5.24. The highest BCUT2D eigenvalue weighted by Gasteiger charge is 2.18. The number of nitrogens with zero attached hydrogens (tertiary/aromatic N) is 1. The van der Waals surface area contributed by atoms with Gasteiger partial charge in [-0.05, 0) is 25.0 Å². The fraction of sp³-hybridized carbons (Fsp3) is 0.375. The Balaban J connectivity index is 2.45. The summed E-state index contributed by atoms with van der Waals surface area (Å²) in [4.78, 5) is 23.5. The van der Waals surface area contributed by atoms with Gasteiger partial charge < -0.3 is 19.8 Å². The maximum atomic E-state index is 12.1. The Labute approximate surface area is 123 Å². The highest BCUT2D eigenvalue weighted by molar-refractivity contribution is 6.00. The largest absolute Gasteiger partial charge is 0.543 e. The molecule has 0 aliphatic carbocycles. The smallest absolute Gasteiger partial charge is 0.224 e. The number of hydrogen-bond acceptors (Lipinski definition) is 3. The van der Waals surface area contributed by atoms with Crippen molar-refractivity contribution in [3.63, 3.8) is 0 Å². The Kier molecular flexibility index (Phi) is 4.31. The highest BCUT2D eigenvalue weighted by Crippen LogP contribution is 2.25. The van der Waals surface area contributed by atoms with Crippen LogP contribution in [0.3, 0.4) is 0 Å². The van der Waals surface area contributed by atoms with Gasteiger partial charge in [-0.15, -0.1) is 0 Å². The third kappa shape index (κ3) is 2.91. The fourth-order valence-electron chi connectivity index (χ4n) is 2.50. The number of aromatic carboxylic acids is 1. The molecule has 5 heteroatoms. The van der Waals surface area contributed by atoms with Crippen LogP contribution in [-0.4, -0.2) is 22.5 Å². The maximum absolute atomic E-state index is 12.1. The third-order valence-corrected chi connectivity index (χ3v) is 3.76. The Morgan fingerprint density at radius 3 is 2.62 bits per heavy atom. The minimum atomic E-state index is -1.26. The predicted octanol–water partition coefficient (Wildman–Crippen LogP) is 0.999.